The summed E-state index contributed by atoms with van der Waals surface area (Å²) in [6.45, 7) is 1.20. The van der Waals surface area contributed by atoms with Crippen LogP contribution in [-0.4, -0.2) is 64.1 Å². The van der Waals surface area contributed by atoms with Crippen LogP contribution in [0.4, 0.5) is 5.69 Å². The van der Waals surface area contributed by atoms with Gasteiger partial charge in [0, 0.05) is 35.7 Å². The normalized spacial score (nSPS) is 15.0. The molecule has 9 nitrogen and oxygen atoms in total. The number of hydrogen-bond donors (Lipinski definition) is 2. The van der Waals surface area contributed by atoms with E-state index in [9.17, 15) is 13.2 Å². The number of methoxy groups -OCH3 is 2. The summed E-state index contributed by atoms with van der Waals surface area (Å²) >= 11 is 0. The lowest BCUT2D eigenvalue weighted by Gasteiger charge is -2.26. The maximum atomic E-state index is 13.1. The molecule has 1 fully saturated rings. The van der Waals surface area contributed by atoms with Gasteiger partial charge in [0.25, 0.3) is 5.91 Å². The molecule has 0 aliphatic carbocycles. The monoisotopic (exact) mass is 445 g/mol. The average Bonchev–Trinajstić information content (AvgIpc) is 3.23. The summed E-state index contributed by atoms with van der Waals surface area (Å²) in [6, 6.07) is 11.7. The highest BCUT2D eigenvalue weighted by Gasteiger charge is 2.29. The van der Waals surface area contributed by atoms with Crippen LogP contribution in [0.15, 0.2) is 47.4 Å². The van der Waals surface area contributed by atoms with Crippen molar-refractivity contribution in [3.63, 3.8) is 0 Å². The van der Waals surface area contributed by atoms with Crippen molar-refractivity contribution in [3.05, 3.63) is 48.2 Å². The van der Waals surface area contributed by atoms with Gasteiger partial charge in [0.2, 0.25) is 10.0 Å². The summed E-state index contributed by atoms with van der Waals surface area (Å²) in [5.74, 6) is 0.492. The number of morpholine rings is 1. The molecule has 31 heavy (non-hydrogen) atoms. The number of ether oxygens (including phenoxy) is 3. The third kappa shape index (κ3) is 4.22. The standard InChI is InChI=1S/C21H23N3O6S/c1-28-16-5-3-14-11-18(23-17(14)13-16)21(25)22-15-4-6-19(29-2)20(12-15)31(26,27)24-7-9-30-10-8-24/h3-6,11-13,23H,7-10H2,1-2H3,(H,22,25). The minimum absolute atomic E-state index is 0.00363. The molecule has 3 aromatic rings. The molecule has 1 amide bonds. The molecule has 0 saturated carbocycles. The molecule has 1 aliphatic heterocycles. The summed E-state index contributed by atoms with van der Waals surface area (Å²) in [6.07, 6.45) is 0. The summed E-state index contributed by atoms with van der Waals surface area (Å²) in [4.78, 5) is 15.8. The summed E-state index contributed by atoms with van der Waals surface area (Å²) < 4.78 is 43.3. The van der Waals surface area contributed by atoms with Crippen molar-refractivity contribution in [3.8, 4) is 11.5 Å². The molecular weight excluding hydrogens is 422 g/mol. The minimum atomic E-state index is -3.80. The number of H-pyrrole nitrogens is 1. The van der Waals surface area contributed by atoms with E-state index in [4.69, 9.17) is 14.2 Å². The highest BCUT2D eigenvalue weighted by molar-refractivity contribution is 7.89. The second-order valence-electron chi connectivity index (χ2n) is 6.97. The first kappa shape index (κ1) is 21.2. The Kier molecular flexibility index (Phi) is 5.86. The molecule has 1 aromatic heterocycles. The van der Waals surface area contributed by atoms with E-state index in [1.54, 1.807) is 25.3 Å². The van der Waals surface area contributed by atoms with Crippen LogP contribution >= 0.6 is 0 Å². The van der Waals surface area contributed by atoms with Crippen LogP contribution in [0.5, 0.6) is 11.5 Å². The van der Waals surface area contributed by atoms with Crippen LogP contribution in [0.2, 0.25) is 0 Å². The number of amides is 1. The number of carbonyl (C=O) groups excluding carboxylic acids is 1. The van der Waals surface area contributed by atoms with E-state index < -0.39 is 15.9 Å². The Bertz CT molecular complexity index is 1220. The van der Waals surface area contributed by atoms with Crippen molar-refractivity contribution < 1.29 is 27.4 Å². The van der Waals surface area contributed by atoms with Crippen molar-refractivity contribution in [1.82, 2.24) is 9.29 Å². The van der Waals surface area contributed by atoms with E-state index in [1.807, 2.05) is 12.1 Å². The van der Waals surface area contributed by atoms with Gasteiger partial charge in [-0.1, -0.05) is 0 Å². The van der Waals surface area contributed by atoms with Crippen molar-refractivity contribution in [2.45, 2.75) is 4.90 Å². The predicted octanol–water partition coefficient (Wildman–Crippen LogP) is 2.46. The Balaban J connectivity index is 1.61. The molecular formula is C21H23N3O6S. The molecule has 0 atom stereocenters. The third-order valence-corrected chi connectivity index (χ3v) is 7.00. The van der Waals surface area contributed by atoms with Crippen LogP contribution in [0.1, 0.15) is 10.5 Å². The van der Waals surface area contributed by atoms with Gasteiger partial charge in [0.1, 0.15) is 22.1 Å². The van der Waals surface area contributed by atoms with Gasteiger partial charge in [-0.05, 0) is 36.4 Å². The van der Waals surface area contributed by atoms with Crippen LogP contribution in [0.25, 0.3) is 10.9 Å². The zero-order chi connectivity index (χ0) is 22.0. The molecule has 2 aromatic carbocycles. The van der Waals surface area contributed by atoms with Crippen LogP contribution in [0.3, 0.4) is 0 Å². The fourth-order valence-electron chi connectivity index (χ4n) is 3.44. The number of nitrogens with one attached hydrogen (secondary N) is 2. The van der Waals surface area contributed by atoms with Gasteiger partial charge in [-0.2, -0.15) is 4.31 Å². The Labute approximate surface area is 180 Å². The van der Waals surface area contributed by atoms with E-state index in [-0.39, 0.29) is 23.7 Å². The fraction of sp³-hybridized carbons (Fsp3) is 0.286. The molecule has 164 valence electrons. The first-order chi connectivity index (χ1) is 14.9. The predicted molar refractivity (Wildman–Crippen MR) is 115 cm³/mol. The van der Waals surface area contributed by atoms with Gasteiger partial charge < -0.3 is 24.5 Å². The van der Waals surface area contributed by atoms with Gasteiger partial charge in [0.05, 0.1) is 27.4 Å². The zero-order valence-corrected chi connectivity index (χ0v) is 18.0. The number of rotatable bonds is 6. The number of aromatic amines is 1. The van der Waals surface area contributed by atoms with Crippen LogP contribution in [0, 0.1) is 0 Å². The Morgan fingerprint density at radius 2 is 1.84 bits per heavy atom. The highest BCUT2D eigenvalue weighted by Crippen LogP contribution is 2.30. The molecule has 0 spiro atoms. The lowest BCUT2D eigenvalue weighted by Crippen LogP contribution is -2.40. The first-order valence-corrected chi connectivity index (χ1v) is 11.1. The van der Waals surface area contributed by atoms with Gasteiger partial charge in [-0.15, -0.1) is 0 Å². The molecule has 1 aliphatic rings. The van der Waals surface area contributed by atoms with Crippen LogP contribution in [-0.2, 0) is 14.8 Å². The van der Waals surface area contributed by atoms with E-state index in [2.05, 4.69) is 10.3 Å². The first-order valence-electron chi connectivity index (χ1n) is 9.66. The van der Waals surface area contributed by atoms with E-state index in [1.165, 1.54) is 23.5 Å². The number of benzene rings is 2. The Morgan fingerprint density at radius 3 is 2.55 bits per heavy atom. The summed E-state index contributed by atoms with van der Waals surface area (Å²) in [5, 5.41) is 3.61. The molecule has 0 radical (unpaired) electrons. The quantitative estimate of drug-likeness (QED) is 0.603. The Hall–Kier alpha value is -3.08. The lowest BCUT2D eigenvalue weighted by atomic mass is 10.2. The zero-order valence-electron chi connectivity index (χ0n) is 17.2. The molecule has 4 rings (SSSR count). The van der Waals surface area contributed by atoms with E-state index in [0.29, 0.717) is 30.3 Å². The number of anilines is 1. The maximum absolute atomic E-state index is 13.1. The maximum Gasteiger partial charge on any atom is 0.272 e. The number of carbonyl (C=O) groups is 1. The van der Waals surface area contributed by atoms with Gasteiger partial charge in [-0.25, -0.2) is 8.42 Å². The van der Waals surface area contributed by atoms with Crippen molar-refractivity contribution in [2.24, 2.45) is 0 Å². The van der Waals surface area contributed by atoms with Gasteiger partial charge in [-0.3, -0.25) is 4.79 Å². The van der Waals surface area contributed by atoms with E-state index in [0.717, 1.165) is 10.9 Å². The van der Waals surface area contributed by atoms with Gasteiger partial charge >= 0.3 is 0 Å². The molecule has 0 bridgehead atoms. The highest BCUT2D eigenvalue weighted by atomic mass is 32.2. The Morgan fingerprint density at radius 1 is 1.06 bits per heavy atom. The smallest absolute Gasteiger partial charge is 0.272 e. The molecule has 0 unspecified atom stereocenters. The van der Waals surface area contributed by atoms with Gasteiger partial charge in [0.15, 0.2) is 0 Å². The SMILES string of the molecule is COc1ccc2cc(C(=O)Nc3ccc(OC)c(S(=O)(=O)N4CCOCC4)c3)[nH]c2c1. The summed E-state index contributed by atoms with van der Waals surface area (Å²) in [5.41, 5.74) is 1.44. The fourth-order valence-corrected chi connectivity index (χ4v) is 5.03. The summed E-state index contributed by atoms with van der Waals surface area (Å²) in [7, 11) is -0.820. The molecule has 10 heteroatoms. The van der Waals surface area contributed by atoms with E-state index >= 15 is 0 Å². The van der Waals surface area contributed by atoms with Crippen LogP contribution < -0.4 is 14.8 Å². The molecule has 1 saturated heterocycles. The lowest BCUT2D eigenvalue weighted by molar-refractivity contribution is 0.0729. The third-order valence-electron chi connectivity index (χ3n) is 5.08. The largest absolute Gasteiger partial charge is 0.497 e. The molecule has 2 heterocycles. The number of sulfonamides is 1. The second-order valence-corrected chi connectivity index (χ2v) is 8.88. The minimum Gasteiger partial charge on any atom is -0.497 e. The molecule has 2 N–H and O–H groups in total. The topological polar surface area (TPSA) is 110 Å². The number of hydrogen-bond acceptors (Lipinski definition) is 6. The van der Waals surface area contributed by atoms with Crippen molar-refractivity contribution in [2.75, 3.05) is 45.8 Å². The number of aromatic nitrogens is 1. The van der Waals surface area contributed by atoms with Crippen molar-refractivity contribution >= 4 is 32.5 Å². The van der Waals surface area contributed by atoms with Crippen molar-refractivity contribution in [1.29, 1.82) is 0 Å². The average molecular weight is 445 g/mol. The number of fused-ring (bicyclic) bond motifs is 1. The second kappa shape index (κ2) is 8.58. The number of nitrogens with zero attached hydrogens (tertiary/aromatic N) is 1.